The molecule has 0 bridgehead atoms. The van der Waals surface area contributed by atoms with Gasteiger partial charge in [0.25, 0.3) is 0 Å². The predicted molar refractivity (Wildman–Crippen MR) is 79.3 cm³/mol. The van der Waals surface area contributed by atoms with E-state index in [0.29, 0.717) is 17.6 Å². The molecule has 0 aromatic carbocycles. The molecule has 4 nitrogen and oxygen atoms in total. The number of fused-ring (bicyclic) bond motifs is 1. The number of imidazole rings is 1. The third kappa shape index (κ3) is 3.07. The highest BCUT2D eigenvalue weighted by Crippen LogP contribution is 2.22. The zero-order valence-corrected chi connectivity index (χ0v) is 12.9. The number of hydrogen-bond acceptors (Lipinski definition) is 3. The van der Waals surface area contributed by atoms with Crippen LogP contribution in [0.1, 0.15) is 33.4 Å². The fourth-order valence-electron chi connectivity index (χ4n) is 1.76. The van der Waals surface area contributed by atoms with E-state index in [9.17, 15) is 0 Å². The lowest BCUT2D eigenvalue weighted by Gasteiger charge is -2.28. The molecule has 2 aromatic rings. The van der Waals surface area contributed by atoms with Crippen LogP contribution in [0.3, 0.4) is 0 Å². The third-order valence-corrected chi connectivity index (χ3v) is 3.85. The monoisotopic (exact) mass is 280 g/mol. The van der Waals surface area contributed by atoms with Gasteiger partial charge in [-0.3, -0.25) is 0 Å². The quantitative estimate of drug-likeness (QED) is 0.939. The number of rotatable bonds is 3. The molecule has 1 N–H and O–H groups in total. The lowest BCUT2D eigenvalue weighted by Crippen LogP contribution is -2.37. The fraction of sp³-hybridized carbons (Fsp3) is 0.571. The van der Waals surface area contributed by atoms with E-state index in [1.807, 2.05) is 17.7 Å². The van der Waals surface area contributed by atoms with E-state index < -0.39 is 0 Å². The minimum Gasteiger partial charge on any atom is -0.318 e. The van der Waals surface area contributed by atoms with E-state index in [1.54, 1.807) is 6.33 Å². The second-order valence-electron chi connectivity index (χ2n) is 6.09. The Balaban J connectivity index is 2.20. The number of nitrogens with zero attached hydrogens (tertiary/aromatic N) is 3. The highest BCUT2D eigenvalue weighted by molar-refractivity contribution is 6.34. The van der Waals surface area contributed by atoms with Crippen LogP contribution in [0.15, 0.2) is 12.4 Å². The van der Waals surface area contributed by atoms with Gasteiger partial charge in [0, 0.05) is 19.6 Å². The van der Waals surface area contributed by atoms with Crippen LogP contribution in [0.5, 0.6) is 0 Å². The molecule has 2 aromatic heterocycles. The first-order chi connectivity index (χ1) is 8.79. The summed E-state index contributed by atoms with van der Waals surface area (Å²) in [6.45, 7) is 9.55. The van der Waals surface area contributed by atoms with Gasteiger partial charge in [0.15, 0.2) is 5.65 Å². The van der Waals surface area contributed by atoms with Gasteiger partial charge in [-0.05, 0) is 18.4 Å². The average Bonchev–Trinajstić information content (AvgIpc) is 2.67. The number of halogens is 1. The molecule has 2 rings (SSSR count). The molecular formula is C14H21ClN4. The summed E-state index contributed by atoms with van der Waals surface area (Å²) in [5.41, 5.74) is 2.75. The van der Waals surface area contributed by atoms with Gasteiger partial charge >= 0.3 is 0 Å². The van der Waals surface area contributed by atoms with E-state index in [4.69, 9.17) is 11.6 Å². The van der Waals surface area contributed by atoms with Crippen LogP contribution in [-0.2, 0) is 13.6 Å². The van der Waals surface area contributed by atoms with Crippen LogP contribution < -0.4 is 5.32 Å². The van der Waals surface area contributed by atoms with Crippen molar-refractivity contribution in [3.63, 3.8) is 0 Å². The van der Waals surface area contributed by atoms with Crippen molar-refractivity contribution < 1.29 is 0 Å². The van der Waals surface area contributed by atoms with Gasteiger partial charge in [-0.25, -0.2) is 9.97 Å². The van der Waals surface area contributed by atoms with Crippen molar-refractivity contribution in [2.75, 3.05) is 0 Å². The summed E-state index contributed by atoms with van der Waals surface area (Å²) < 4.78 is 1.89. The summed E-state index contributed by atoms with van der Waals surface area (Å²) in [4.78, 5) is 8.84. The molecule has 104 valence electrons. The molecule has 1 atom stereocenters. The van der Waals surface area contributed by atoms with Crippen molar-refractivity contribution in [1.29, 1.82) is 0 Å². The first kappa shape index (κ1) is 14.3. The molecule has 19 heavy (non-hydrogen) atoms. The number of nitrogens with one attached hydrogen (secondary N) is 1. The Hall–Kier alpha value is -1.13. The second-order valence-corrected chi connectivity index (χ2v) is 6.50. The molecule has 0 unspecified atom stereocenters. The van der Waals surface area contributed by atoms with Crippen molar-refractivity contribution in [1.82, 2.24) is 19.9 Å². The number of pyridine rings is 1. The molecule has 0 aliphatic carbocycles. The van der Waals surface area contributed by atoms with Crippen molar-refractivity contribution >= 4 is 22.8 Å². The summed E-state index contributed by atoms with van der Waals surface area (Å²) in [5.74, 6) is 0. The molecule has 0 saturated heterocycles. The highest BCUT2D eigenvalue weighted by Gasteiger charge is 2.19. The van der Waals surface area contributed by atoms with Crippen molar-refractivity contribution in [2.45, 2.75) is 40.3 Å². The molecule has 5 heteroatoms. The molecule has 0 aliphatic heterocycles. The van der Waals surface area contributed by atoms with E-state index in [1.165, 1.54) is 0 Å². The highest BCUT2D eigenvalue weighted by atomic mass is 35.5. The van der Waals surface area contributed by atoms with Crippen LogP contribution in [0.2, 0.25) is 5.02 Å². The smallest absolute Gasteiger partial charge is 0.161 e. The fourth-order valence-corrected chi connectivity index (χ4v) is 2.02. The Morgan fingerprint density at radius 3 is 2.74 bits per heavy atom. The van der Waals surface area contributed by atoms with E-state index >= 15 is 0 Å². The summed E-state index contributed by atoms with van der Waals surface area (Å²) in [7, 11) is 1.92. The lowest BCUT2D eigenvalue weighted by atomic mass is 9.88. The van der Waals surface area contributed by atoms with Crippen molar-refractivity contribution in [3.05, 3.63) is 23.1 Å². The maximum absolute atomic E-state index is 6.24. The first-order valence-electron chi connectivity index (χ1n) is 6.49. The van der Waals surface area contributed by atoms with E-state index in [0.717, 1.165) is 16.9 Å². The predicted octanol–water partition coefficient (Wildman–Crippen LogP) is 3.15. The number of aryl methyl sites for hydroxylation is 1. The largest absolute Gasteiger partial charge is 0.318 e. The first-order valence-corrected chi connectivity index (χ1v) is 6.86. The van der Waals surface area contributed by atoms with Crippen LogP contribution in [0, 0.1) is 5.41 Å². The zero-order valence-electron chi connectivity index (χ0n) is 12.2. The minimum atomic E-state index is 0.223. The molecule has 0 radical (unpaired) electrons. The van der Waals surface area contributed by atoms with Crippen LogP contribution in [0.4, 0.5) is 0 Å². The van der Waals surface area contributed by atoms with Gasteiger partial charge in [-0.1, -0.05) is 32.4 Å². The Kier molecular flexibility index (Phi) is 3.83. The summed E-state index contributed by atoms with van der Waals surface area (Å²) in [5, 5.41) is 4.15. The van der Waals surface area contributed by atoms with E-state index in [2.05, 4.69) is 43.0 Å². The van der Waals surface area contributed by atoms with Gasteiger partial charge < -0.3 is 9.88 Å². The third-order valence-electron chi connectivity index (χ3n) is 3.56. The molecule has 2 heterocycles. The maximum atomic E-state index is 6.24. The lowest BCUT2D eigenvalue weighted by molar-refractivity contribution is 0.284. The standard InChI is InChI=1S/C14H21ClN4/c1-9(14(2,3)4)16-7-10-6-11(15)12-13(18-10)19(5)8-17-12/h6,8-9,16H,7H2,1-5H3/t9-/m0/s1. The molecule has 0 aliphatic rings. The van der Waals surface area contributed by atoms with Crippen molar-refractivity contribution in [3.8, 4) is 0 Å². The van der Waals surface area contributed by atoms with Gasteiger partial charge in [0.1, 0.15) is 5.52 Å². The topological polar surface area (TPSA) is 42.7 Å². The van der Waals surface area contributed by atoms with Gasteiger partial charge in [-0.2, -0.15) is 0 Å². The Morgan fingerprint density at radius 2 is 2.11 bits per heavy atom. The Bertz CT molecular complexity index is 583. The Labute approximate surface area is 119 Å². The summed E-state index contributed by atoms with van der Waals surface area (Å²) in [6.07, 6.45) is 1.73. The molecule has 0 spiro atoms. The normalized spacial score (nSPS) is 14.0. The number of aromatic nitrogens is 3. The molecule has 0 saturated carbocycles. The molecular weight excluding hydrogens is 260 g/mol. The second kappa shape index (κ2) is 5.10. The van der Waals surface area contributed by atoms with Crippen molar-refractivity contribution in [2.24, 2.45) is 12.5 Å². The SMILES string of the molecule is C[C@H](NCc1cc(Cl)c2ncn(C)c2n1)C(C)(C)C. The summed E-state index contributed by atoms with van der Waals surface area (Å²) in [6, 6.07) is 2.29. The van der Waals surface area contributed by atoms with E-state index in [-0.39, 0.29) is 5.41 Å². The van der Waals surface area contributed by atoms with Crippen LogP contribution in [-0.4, -0.2) is 20.6 Å². The van der Waals surface area contributed by atoms with Gasteiger partial charge in [0.05, 0.1) is 17.0 Å². The van der Waals surface area contributed by atoms with Gasteiger partial charge in [0.2, 0.25) is 0 Å². The zero-order chi connectivity index (χ0) is 14.2. The van der Waals surface area contributed by atoms with Crippen LogP contribution >= 0.6 is 11.6 Å². The van der Waals surface area contributed by atoms with Gasteiger partial charge in [-0.15, -0.1) is 0 Å². The molecule has 0 amide bonds. The molecule has 0 fully saturated rings. The maximum Gasteiger partial charge on any atom is 0.161 e. The number of hydrogen-bond donors (Lipinski definition) is 1. The Morgan fingerprint density at radius 1 is 1.42 bits per heavy atom. The summed E-state index contributed by atoms with van der Waals surface area (Å²) >= 11 is 6.24. The van der Waals surface area contributed by atoms with Crippen LogP contribution in [0.25, 0.3) is 11.2 Å². The minimum absolute atomic E-state index is 0.223. The average molecular weight is 281 g/mol.